The first kappa shape index (κ1) is 14.3. The molecular weight excluding hydrogens is 293 g/mol. The van der Waals surface area contributed by atoms with Crippen LogP contribution < -0.4 is 0 Å². The molecule has 1 aliphatic rings. The van der Waals surface area contributed by atoms with Gasteiger partial charge < -0.3 is 9.47 Å². The van der Waals surface area contributed by atoms with Crippen molar-refractivity contribution in [3.8, 4) is 0 Å². The van der Waals surface area contributed by atoms with Gasteiger partial charge in [0.15, 0.2) is 0 Å². The number of rotatable bonds is 4. The molecule has 106 valence electrons. The first-order valence-corrected chi connectivity index (χ1v) is 6.85. The van der Waals surface area contributed by atoms with Crippen molar-refractivity contribution in [3.05, 3.63) is 29.6 Å². The molecule has 0 amide bonds. The second-order valence-corrected chi connectivity index (χ2v) is 5.31. The SMILES string of the molecule is O=C=NS(=O)(=O)c1c(F)cccc1C(=O)OC1CCO1. The minimum absolute atomic E-state index is 0.418. The van der Waals surface area contributed by atoms with E-state index < -0.39 is 38.6 Å². The number of hydrogen-bond acceptors (Lipinski definition) is 6. The lowest BCUT2D eigenvalue weighted by Gasteiger charge is -2.25. The Labute approximate surface area is 113 Å². The number of nitrogens with zero attached hydrogens (tertiary/aromatic N) is 1. The van der Waals surface area contributed by atoms with Crippen molar-refractivity contribution in [2.75, 3.05) is 6.61 Å². The van der Waals surface area contributed by atoms with E-state index in [9.17, 15) is 22.4 Å². The molecule has 0 spiro atoms. The van der Waals surface area contributed by atoms with Gasteiger partial charge in [-0.1, -0.05) is 10.5 Å². The first-order chi connectivity index (χ1) is 9.45. The third-order valence-corrected chi connectivity index (χ3v) is 3.74. The molecule has 7 nitrogen and oxygen atoms in total. The smallest absolute Gasteiger partial charge is 0.341 e. The molecule has 1 aromatic carbocycles. The fourth-order valence-corrected chi connectivity index (χ4v) is 2.45. The second-order valence-electron chi connectivity index (χ2n) is 3.77. The van der Waals surface area contributed by atoms with Crippen LogP contribution in [0.15, 0.2) is 27.5 Å². The van der Waals surface area contributed by atoms with Crippen LogP contribution in [0, 0.1) is 5.82 Å². The van der Waals surface area contributed by atoms with Crippen LogP contribution in [-0.2, 0) is 24.3 Å². The number of esters is 1. The van der Waals surface area contributed by atoms with Crippen molar-refractivity contribution in [2.24, 2.45) is 4.40 Å². The molecule has 1 aromatic rings. The zero-order chi connectivity index (χ0) is 14.8. The van der Waals surface area contributed by atoms with E-state index in [1.54, 1.807) is 0 Å². The van der Waals surface area contributed by atoms with E-state index in [1.807, 2.05) is 0 Å². The van der Waals surface area contributed by atoms with Crippen LogP contribution >= 0.6 is 0 Å². The van der Waals surface area contributed by atoms with Crippen LogP contribution in [0.1, 0.15) is 16.8 Å². The first-order valence-electron chi connectivity index (χ1n) is 5.41. The maximum atomic E-state index is 13.7. The third kappa shape index (κ3) is 2.74. The lowest BCUT2D eigenvalue weighted by Crippen LogP contribution is -2.32. The number of carbonyl (C=O) groups is 1. The molecule has 1 atom stereocenters. The third-order valence-electron chi connectivity index (χ3n) is 2.50. The average molecular weight is 301 g/mol. The van der Waals surface area contributed by atoms with Gasteiger partial charge in [-0.15, -0.1) is 0 Å². The summed E-state index contributed by atoms with van der Waals surface area (Å²) in [5.41, 5.74) is -0.556. The number of sulfonamides is 1. The van der Waals surface area contributed by atoms with Crippen LogP contribution in [0.25, 0.3) is 0 Å². The van der Waals surface area contributed by atoms with Gasteiger partial charge in [-0.05, 0) is 12.1 Å². The summed E-state index contributed by atoms with van der Waals surface area (Å²) < 4.78 is 49.1. The molecule has 0 radical (unpaired) electrons. The highest BCUT2D eigenvalue weighted by Crippen LogP contribution is 2.24. The van der Waals surface area contributed by atoms with Crippen LogP contribution in [0.5, 0.6) is 0 Å². The average Bonchev–Trinajstić information content (AvgIpc) is 2.32. The maximum Gasteiger partial charge on any atom is 0.341 e. The van der Waals surface area contributed by atoms with Crippen molar-refractivity contribution < 1.29 is 31.9 Å². The van der Waals surface area contributed by atoms with Crippen molar-refractivity contribution in [3.63, 3.8) is 0 Å². The molecule has 0 aromatic heterocycles. The highest BCUT2D eigenvalue weighted by Gasteiger charge is 2.30. The second kappa shape index (κ2) is 5.49. The minimum Gasteiger partial charge on any atom is -0.432 e. The van der Waals surface area contributed by atoms with Crippen LogP contribution in [0.3, 0.4) is 0 Å². The molecule has 1 aliphatic heterocycles. The van der Waals surface area contributed by atoms with Crippen LogP contribution in [0.4, 0.5) is 4.39 Å². The van der Waals surface area contributed by atoms with Gasteiger partial charge in [0.25, 0.3) is 16.1 Å². The number of carbonyl (C=O) groups excluding carboxylic acids is 2. The summed E-state index contributed by atoms with van der Waals surface area (Å²) in [5.74, 6) is -2.29. The normalized spacial score (nSPS) is 17.8. The molecule has 2 rings (SSSR count). The highest BCUT2D eigenvalue weighted by atomic mass is 32.2. The standard InChI is InChI=1S/C11H8FNO6S/c12-8-3-1-2-7(10(8)20(16,17)13-6-14)11(15)19-9-4-5-18-9/h1-3,9H,4-5H2. The van der Waals surface area contributed by atoms with E-state index in [1.165, 1.54) is 0 Å². The summed E-state index contributed by atoms with van der Waals surface area (Å²) in [6.45, 7) is 0.418. The predicted octanol–water partition coefficient (Wildman–Crippen LogP) is 0.753. The van der Waals surface area contributed by atoms with Crippen molar-refractivity contribution in [1.29, 1.82) is 0 Å². The van der Waals surface area contributed by atoms with Gasteiger partial charge >= 0.3 is 5.97 Å². The highest BCUT2D eigenvalue weighted by molar-refractivity contribution is 7.90. The van der Waals surface area contributed by atoms with Crippen molar-refractivity contribution >= 4 is 22.1 Å². The summed E-state index contributed by atoms with van der Waals surface area (Å²) in [6, 6.07) is 3.01. The van der Waals surface area contributed by atoms with Gasteiger partial charge in [-0.25, -0.2) is 14.0 Å². The molecule has 0 N–H and O–H groups in total. The number of hydrogen-bond donors (Lipinski definition) is 0. The molecule has 0 bridgehead atoms. The van der Waals surface area contributed by atoms with Gasteiger partial charge in [-0.3, -0.25) is 0 Å². The fourth-order valence-electron chi connectivity index (χ4n) is 1.52. The maximum absolute atomic E-state index is 13.7. The lowest BCUT2D eigenvalue weighted by molar-refractivity contribution is -0.184. The van der Waals surface area contributed by atoms with Gasteiger partial charge in [-0.2, -0.15) is 8.42 Å². The fraction of sp³-hybridized carbons (Fsp3) is 0.273. The van der Waals surface area contributed by atoms with Crippen molar-refractivity contribution in [2.45, 2.75) is 17.6 Å². The molecule has 0 saturated carbocycles. The lowest BCUT2D eigenvalue weighted by atomic mass is 10.2. The molecular formula is C11H8FNO6S. The predicted molar refractivity (Wildman–Crippen MR) is 61.5 cm³/mol. The molecule has 1 fully saturated rings. The van der Waals surface area contributed by atoms with Crippen LogP contribution in [-0.4, -0.2) is 33.4 Å². The molecule has 1 unspecified atom stereocenters. The van der Waals surface area contributed by atoms with E-state index >= 15 is 0 Å². The summed E-state index contributed by atoms with van der Waals surface area (Å²) in [4.78, 5) is 20.9. The van der Waals surface area contributed by atoms with Crippen molar-refractivity contribution in [1.82, 2.24) is 0 Å². The van der Waals surface area contributed by atoms with E-state index in [-0.39, 0.29) is 0 Å². The Hall–Kier alpha value is -2.09. The molecule has 0 aliphatic carbocycles. The van der Waals surface area contributed by atoms with Gasteiger partial charge in [0.05, 0.1) is 12.2 Å². The van der Waals surface area contributed by atoms with E-state index in [4.69, 9.17) is 9.47 Å². The van der Waals surface area contributed by atoms with Gasteiger partial charge in [0.2, 0.25) is 6.29 Å². The van der Waals surface area contributed by atoms with E-state index in [2.05, 4.69) is 4.40 Å². The molecule has 1 saturated heterocycles. The Kier molecular flexibility index (Phi) is 3.93. The summed E-state index contributed by atoms with van der Waals surface area (Å²) >= 11 is 0. The zero-order valence-corrected chi connectivity index (χ0v) is 10.7. The van der Waals surface area contributed by atoms with E-state index in [0.29, 0.717) is 13.0 Å². The zero-order valence-electron chi connectivity index (χ0n) is 9.91. The van der Waals surface area contributed by atoms with E-state index in [0.717, 1.165) is 24.3 Å². The topological polar surface area (TPSA) is 99.1 Å². The molecule has 1 heterocycles. The summed E-state index contributed by atoms with van der Waals surface area (Å²) in [7, 11) is -4.66. The largest absolute Gasteiger partial charge is 0.432 e. The summed E-state index contributed by atoms with van der Waals surface area (Å²) in [6.07, 6.45) is 0.493. The number of benzene rings is 1. The number of ether oxygens (including phenoxy) is 2. The number of halogens is 1. The summed E-state index contributed by atoms with van der Waals surface area (Å²) in [5, 5.41) is 0. The quantitative estimate of drug-likeness (QED) is 0.462. The number of isocyanates is 1. The molecule has 20 heavy (non-hydrogen) atoms. The van der Waals surface area contributed by atoms with Gasteiger partial charge in [0, 0.05) is 6.42 Å². The Balaban J connectivity index is 2.45. The van der Waals surface area contributed by atoms with Crippen LogP contribution in [0.2, 0.25) is 0 Å². The van der Waals surface area contributed by atoms with Gasteiger partial charge in [0.1, 0.15) is 10.7 Å². The Morgan fingerprint density at radius 1 is 1.50 bits per heavy atom. The Morgan fingerprint density at radius 2 is 2.20 bits per heavy atom. The minimum atomic E-state index is -4.66. The molecule has 9 heteroatoms. The monoisotopic (exact) mass is 301 g/mol. The Bertz CT molecular complexity index is 691. The Morgan fingerprint density at radius 3 is 2.75 bits per heavy atom.